The van der Waals surface area contributed by atoms with E-state index in [-0.39, 0.29) is 12.5 Å². The number of nitrogens with zero attached hydrogens (tertiary/aromatic N) is 2. The Morgan fingerprint density at radius 1 is 1.19 bits per heavy atom. The molecule has 1 aliphatic rings. The van der Waals surface area contributed by atoms with Crippen LogP contribution in [0.1, 0.15) is 37.3 Å². The maximum atomic E-state index is 11.3. The van der Waals surface area contributed by atoms with Crippen LogP contribution in [0, 0.1) is 0 Å². The molecule has 1 N–H and O–H groups in total. The lowest BCUT2D eigenvalue weighted by molar-refractivity contribution is -0.138. The van der Waals surface area contributed by atoms with Crippen molar-refractivity contribution in [3.05, 3.63) is 42.2 Å². The quantitative estimate of drug-likeness (QED) is 0.936. The first kappa shape index (κ1) is 14.0. The van der Waals surface area contributed by atoms with Crippen LogP contribution in [0.3, 0.4) is 0 Å². The van der Waals surface area contributed by atoms with E-state index in [4.69, 9.17) is 0 Å². The molecule has 3 rings (SSSR count). The maximum Gasteiger partial charge on any atom is 0.305 e. The smallest absolute Gasteiger partial charge is 0.305 e. The summed E-state index contributed by atoms with van der Waals surface area (Å²) in [5.41, 5.74) is 1.04. The van der Waals surface area contributed by atoms with Crippen molar-refractivity contribution < 1.29 is 9.90 Å². The summed E-state index contributed by atoms with van der Waals surface area (Å²) in [5, 5.41) is 11.5. The summed E-state index contributed by atoms with van der Waals surface area (Å²) in [4.78, 5) is 17.9. The highest BCUT2D eigenvalue weighted by Crippen LogP contribution is 2.31. The average molecular weight is 284 g/mol. The third kappa shape index (κ3) is 3.05. The maximum absolute atomic E-state index is 11.3. The monoisotopic (exact) mass is 284 g/mol. The molecule has 0 radical (unpaired) electrons. The van der Waals surface area contributed by atoms with Gasteiger partial charge in [0.2, 0.25) is 0 Å². The summed E-state index contributed by atoms with van der Waals surface area (Å²) in [5.74, 6) is -0.751. The minimum Gasteiger partial charge on any atom is -0.481 e. The van der Waals surface area contributed by atoms with E-state index in [1.54, 1.807) is 0 Å². The van der Waals surface area contributed by atoms with Crippen LogP contribution < -0.4 is 0 Å². The third-order valence-corrected chi connectivity index (χ3v) is 4.26. The second-order valence-corrected chi connectivity index (χ2v) is 5.66. The van der Waals surface area contributed by atoms with Crippen LogP contribution in [-0.4, -0.2) is 34.0 Å². The van der Waals surface area contributed by atoms with Gasteiger partial charge in [-0.25, -0.2) is 0 Å². The Morgan fingerprint density at radius 3 is 2.71 bits per heavy atom. The fraction of sp³-hybridized carbons (Fsp3) is 0.412. The molecular weight excluding hydrogens is 264 g/mol. The third-order valence-electron chi connectivity index (χ3n) is 4.26. The second-order valence-electron chi connectivity index (χ2n) is 5.66. The molecule has 4 nitrogen and oxygen atoms in total. The van der Waals surface area contributed by atoms with Gasteiger partial charge in [0.15, 0.2) is 0 Å². The minimum absolute atomic E-state index is 0.0820. The number of aromatic nitrogens is 1. The standard InChI is InChI=1S/C17H20N2O2/c20-17(21)10-16(19-8-4-1-5-9-19)15-12-18-11-13-6-2-3-7-14(13)15/h2-3,6-7,11-12,16H,1,4-5,8-10H2,(H,20,21). The summed E-state index contributed by atoms with van der Waals surface area (Å²) in [7, 11) is 0. The molecule has 1 fully saturated rings. The van der Waals surface area contributed by atoms with Crippen LogP contribution in [-0.2, 0) is 4.79 Å². The van der Waals surface area contributed by atoms with E-state index < -0.39 is 5.97 Å². The summed E-state index contributed by atoms with van der Waals surface area (Å²) in [6.45, 7) is 1.95. The van der Waals surface area contributed by atoms with E-state index in [1.807, 2.05) is 30.6 Å². The number of pyridine rings is 1. The lowest BCUT2D eigenvalue weighted by Gasteiger charge is -2.34. The number of piperidine rings is 1. The van der Waals surface area contributed by atoms with E-state index in [0.29, 0.717) is 0 Å². The van der Waals surface area contributed by atoms with Gasteiger partial charge in [-0.3, -0.25) is 14.7 Å². The summed E-state index contributed by atoms with van der Waals surface area (Å²) in [6, 6.07) is 7.99. The Kier molecular flexibility index (Phi) is 4.15. The first-order valence-electron chi connectivity index (χ1n) is 7.54. The van der Waals surface area contributed by atoms with Crippen molar-refractivity contribution in [3.63, 3.8) is 0 Å². The molecule has 1 aromatic heterocycles. The molecule has 110 valence electrons. The van der Waals surface area contributed by atoms with Gasteiger partial charge in [0, 0.05) is 23.8 Å². The van der Waals surface area contributed by atoms with Crippen molar-refractivity contribution in [3.8, 4) is 0 Å². The van der Waals surface area contributed by atoms with Gasteiger partial charge in [-0.1, -0.05) is 30.7 Å². The number of aliphatic carboxylic acids is 1. The van der Waals surface area contributed by atoms with Crippen LogP contribution in [0.2, 0.25) is 0 Å². The highest BCUT2D eigenvalue weighted by atomic mass is 16.4. The number of likely N-dealkylation sites (tertiary alicyclic amines) is 1. The molecule has 1 aliphatic heterocycles. The number of hydrogen-bond donors (Lipinski definition) is 1. The van der Waals surface area contributed by atoms with E-state index in [2.05, 4.69) is 16.0 Å². The predicted molar refractivity (Wildman–Crippen MR) is 82.2 cm³/mol. The molecule has 0 saturated carbocycles. The number of carboxylic acid groups (broad SMARTS) is 1. The molecular formula is C17H20N2O2. The Bertz CT molecular complexity index is 630. The fourth-order valence-electron chi connectivity index (χ4n) is 3.24. The highest BCUT2D eigenvalue weighted by Gasteiger charge is 2.26. The van der Waals surface area contributed by atoms with Gasteiger partial charge in [-0.15, -0.1) is 0 Å². The van der Waals surface area contributed by atoms with E-state index in [9.17, 15) is 9.90 Å². The van der Waals surface area contributed by atoms with Crippen molar-refractivity contribution in [2.75, 3.05) is 13.1 Å². The van der Waals surface area contributed by atoms with Crippen molar-refractivity contribution in [2.45, 2.75) is 31.7 Å². The van der Waals surface area contributed by atoms with Crippen molar-refractivity contribution >= 4 is 16.7 Å². The minimum atomic E-state index is -0.751. The molecule has 1 unspecified atom stereocenters. The Morgan fingerprint density at radius 2 is 1.95 bits per heavy atom. The first-order valence-corrected chi connectivity index (χ1v) is 7.54. The SMILES string of the molecule is O=C(O)CC(c1cncc2ccccc12)N1CCCCC1. The number of carboxylic acids is 1. The largest absolute Gasteiger partial charge is 0.481 e. The zero-order valence-electron chi connectivity index (χ0n) is 12.0. The summed E-state index contributed by atoms with van der Waals surface area (Å²) in [6.07, 6.45) is 7.35. The Labute approximate surface area is 124 Å². The van der Waals surface area contributed by atoms with Crippen LogP contribution >= 0.6 is 0 Å². The molecule has 0 spiro atoms. The van der Waals surface area contributed by atoms with Gasteiger partial charge >= 0.3 is 5.97 Å². The topological polar surface area (TPSA) is 53.4 Å². The van der Waals surface area contributed by atoms with Crippen LogP contribution in [0.25, 0.3) is 10.8 Å². The predicted octanol–water partition coefficient (Wildman–Crippen LogP) is 3.24. The summed E-state index contributed by atoms with van der Waals surface area (Å²) >= 11 is 0. The lowest BCUT2D eigenvalue weighted by atomic mass is 9.96. The molecule has 21 heavy (non-hydrogen) atoms. The average Bonchev–Trinajstić information content (AvgIpc) is 2.53. The first-order chi connectivity index (χ1) is 10.3. The van der Waals surface area contributed by atoms with Crippen LogP contribution in [0.15, 0.2) is 36.7 Å². The van der Waals surface area contributed by atoms with Gasteiger partial charge in [0.1, 0.15) is 0 Å². The summed E-state index contributed by atoms with van der Waals surface area (Å²) < 4.78 is 0. The fourth-order valence-corrected chi connectivity index (χ4v) is 3.24. The lowest BCUT2D eigenvalue weighted by Crippen LogP contribution is -2.35. The zero-order chi connectivity index (χ0) is 14.7. The molecule has 0 aliphatic carbocycles. The second kappa shape index (κ2) is 6.22. The highest BCUT2D eigenvalue weighted by molar-refractivity contribution is 5.85. The number of rotatable bonds is 4. The normalized spacial score (nSPS) is 17.7. The van der Waals surface area contributed by atoms with Gasteiger partial charge in [-0.05, 0) is 36.9 Å². The number of carbonyl (C=O) groups is 1. The van der Waals surface area contributed by atoms with E-state index in [1.165, 1.54) is 6.42 Å². The molecule has 1 aromatic carbocycles. The van der Waals surface area contributed by atoms with Gasteiger partial charge < -0.3 is 5.11 Å². The van der Waals surface area contributed by atoms with Crippen molar-refractivity contribution in [1.29, 1.82) is 0 Å². The van der Waals surface area contributed by atoms with Gasteiger partial charge in [0.05, 0.1) is 6.42 Å². The molecule has 2 heterocycles. The van der Waals surface area contributed by atoms with Gasteiger partial charge in [-0.2, -0.15) is 0 Å². The Hall–Kier alpha value is -1.94. The molecule has 2 aromatic rings. The molecule has 0 bridgehead atoms. The molecule has 4 heteroatoms. The van der Waals surface area contributed by atoms with E-state index in [0.717, 1.165) is 42.3 Å². The van der Waals surface area contributed by atoms with Gasteiger partial charge in [0.25, 0.3) is 0 Å². The van der Waals surface area contributed by atoms with Crippen molar-refractivity contribution in [2.24, 2.45) is 0 Å². The van der Waals surface area contributed by atoms with Crippen LogP contribution in [0.5, 0.6) is 0 Å². The van der Waals surface area contributed by atoms with E-state index >= 15 is 0 Å². The Balaban J connectivity index is 2.02. The number of hydrogen-bond acceptors (Lipinski definition) is 3. The molecule has 0 amide bonds. The van der Waals surface area contributed by atoms with Crippen molar-refractivity contribution in [1.82, 2.24) is 9.88 Å². The molecule has 1 atom stereocenters. The zero-order valence-corrected chi connectivity index (χ0v) is 12.0. The number of fused-ring (bicyclic) bond motifs is 1. The van der Waals surface area contributed by atoms with Crippen LogP contribution in [0.4, 0.5) is 0 Å². The number of benzene rings is 1. The molecule has 1 saturated heterocycles.